The molecular weight excluding hydrogens is 269 g/mol. The molecule has 0 radical (unpaired) electrons. The van der Waals surface area contributed by atoms with Crippen molar-refractivity contribution in [1.82, 2.24) is 0 Å². The number of rotatable bonds is 7. The molecule has 0 rings (SSSR count). The number of phosphoric acid groups is 1. The first-order valence-corrected chi connectivity index (χ1v) is 8.20. The zero-order valence-corrected chi connectivity index (χ0v) is 13.4. The first kappa shape index (κ1) is 21.0. The summed E-state index contributed by atoms with van der Waals surface area (Å²) in [5, 5.41) is 0. The molecule has 0 heterocycles. The minimum atomic E-state index is -4.89. The van der Waals surface area contributed by atoms with Gasteiger partial charge in [0.05, 0.1) is 27.1 Å². The standard InChI is InChI=1S/C12H26NO.H3O4P/c1-5-7-8-9-11-13(3,4)12(14)10-6-2;1-5(2,3)4/h5-11H2,1-4H3;(H3,1,2,3,4)/q+1;/p-1. The van der Waals surface area contributed by atoms with E-state index in [9.17, 15) is 4.79 Å². The zero-order chi connectivity index (χ0) is 15.5. The van der Waals surface area contributed by atoms with Crippen LogP contribution in [0.5, 0.6) is 0 Å². The Balaban J connectivity index is 0. The first-order chi connectivity index (χ1) is 8.54. The van der Waals surface area contributed by atoms with Crippen LogP contribution in [0.15, 0.2) is 0 Å². The highest BCUT2D eigenvalue weighted by Gasteiger charge is 2.23. The predicted molar refractivity (Wildman–Crippen MR) is 73.1 cm³/mol. The van der Waals surface area contributed by atoms with Crippen LogP contribution in [0, 0.1) is 0 Å². The number of unbranched alkanes of at least 4 members (excludes halogenated alkanes) is 3. The van der Waals surface area contributed by atoms with Crippen molar-refractivity contribution in [2.75, 3.05) is 20.6 Å². The van der Waals surface area contributed by atoms with Crippen LogP contribution in [0.25, 0.3) is 0 Å². The summed E-state index contributed by atoms with van der Waals surface area (Å²) in [5.41, 5.74) is 0. The molecule has 0 aromatic carbocycles. The SMILES string of the molecule is CCCCCC[N+](C)(C)C(=O)CCC.O=P([O-])(O)O. The quantitative estimate of drug-likeness (QED) is 0.420. The minimum Gasteiger partial charge on any atom is -0.756 e. The number of hydrogen-bond donors (Lipinski definition) is 2. The molecule has 116 valence electrons. The molecule has 0 saturated heterocycles. The van der Waals surface area contributed by atoms with Crippen molar-refractivity contribution in [2.24, 2.45) is 0 Å². The van der Waals surface area contributed by atoms with Gasteiger partial charge >= 0.3 is 5.91 Å². The summed E-state index contributed by atoms with van der Waals surface area (Å²) in [5.74, 6) is 0.379. The Labute approximate surface area is 116 Å². The number of hydrogen-bond acceptors (Lipinski definition) is 3. The van der Waals surface area contributed by atoms with E-state index in [2.05, 4.69) is 13.8 Å². The van der Waals surface area contributed by atoms with E-state index in [1.807, 2.05) is 14.1 Å². The fourth-order valence-corrected chi connectivity index (χ4v) is 1.58. The lowest BCUT2D eigenvalue weighted by Crippen LogP contribution is -2.46. The maximum absolute atomic E-state index is 11.7. The Kier molecular flexibility index (Phi) is 11.7. The number of carbonyl (C=O) groups excluding carboxylic acids is 1. The molecule has 0 aliphatic rings. The molecular formula is C12H28NO5P. The molecule has 0 spiro atoms. The molecule has 0 aromatic rings. The first-order valence-electron chi connectivity index (χ1n) is 6.67. The summed E-state index contributed by atoms with van der Waals surface area (Å²) in [6.45, 7) is 5.27. The van der Waals surface area contributed by atoms with Crippen molar-refractivity contribution in [3.63, 3.8) is 0 Å². The molecule has 0 bridgehead atoms. The summed E-state index contributed by atoms with van der Waals surface area (Å²) in [6.07, 6.45) is 6.68. The Bertz CT molecular complexity index is 280. The molecule has 0 aliphatic heterocycles. The number of quaternary nitrogens is 1. The van der Waals surface area contributed by atoms with Crippen LogP contribution in [0.3, 0.4) is 0 Å². The van der Waals surface area contributed by atoms with E-state index in [4.69, 9.17) is 19.2 Å². The average Bonchev–Trinajstić information content (AvgIpc) is 2.22. The van der Waals surface area contributed by atoms with Gasteiger partial charge in [0.25, 0.3) is 7.82 Å². The Hall–Kier alpha value is -0.260. The van der Waals surface area contributed by atoms with Gasteiger partial charge in [0.2, 0.25) is 0 Å². The molecule has 2 N–H and O–H groups in total. The lowest BCUT2D eigenvalue weighted by molar-refractivity contribution is -0.814. The van der Waals surface area contributed by atoms with Gasteiger partial charge in [0, 0.05) is 0 Å². The van der Waals surface area contributed by atoms with E-state index in [1.54, 1.807) is 0 Å². The van der Waals surface area contributed by atoms with Crippen molar-refractivity contribution < 1.29 is 28.5 Å². The van der Waals surface area contributed by atoms with Crippen LogP contribution in [0.2, 0.25) is 0 Å². The lowest BCUT2D eigenvalue weighted by Gasteiger charge is -2.26. The topological polar surface area (TPSA) is 97.7 Å². The largest absolute Gasteiger partial charge is 0.756 e. The fourth-order valence-electron chi connectivity index (χ4n) is 1.58. The predicted octanol–water partition coefficient (Wildman–Crippen LogP) is 1.41. The van der Waals surface area contributed by atoms with Gasteiger partial charge in [-0.25, -0.2) is 4.79 Å². The van der Waals surface area contributed by atoms with Gasteiger partial charge < -0.3 is 14.7 Å². The van der Waals surface area contributed by atoms with Crippen molar-refractivity contribution in [1.29, 1.82) is 0 Å². The van der Waals surface area contributed by atoms with E-state index in [1.165, 1.54) is 25.7 Å². The number of carbonyl (C=O) groups is 1. The number of amides is 1. The molecule has 19 heavy (non-hydrogen) atoms. The summed E-state index contributed by atoms with van der Waals surface area (Å²) in [4.78, 5) is 34.6. The van der Waals surface area contributed by atoms with Gasteiger partial charge in [-0.15, -0.1) is 0 Å². The smallest absolute Gasteiger partial charge is 0.313 e. The molecule has 0 fully saturated rings. The van der Waals surface area contributed by atoms with Crippen LogP contribution < -0.4 is 4.89 Å². The highest BCUT2D eigenvalue weighted by molar-refractivity contribution is 7.43. The van der Waals surface area contributed by atoms with Gasteiger partial charge in [-0.2, -0.15) is 0 Å². The third-order valence-corrected chi connectivity index (χ3v) is 2.71. The number of nitrogens with zero attached hydrogens (tertiary/aromatic N) is 1. The Morgan fingerprint density at radius 3 is 1.95 bits per heavy atom. The van der Waals surface area contributed by atoms with Crippen molar-refractivity contribution in [3.05, 3.63) is 0 Å². The molecule has 6 nitrogen and oxygen atoms in total. The second kappa shape index (κ2) is 10.5. The average molecular weight is 297 g/mol. The minimum absolute atomic E-state index is 0.379. The molecule has 0 aromatic heterocycles. The molecule has 0 saturated carbocycles. The van der Waals surface area contributed by atoms with Crippen molar-refractivity contribution in [2.45, 2.75) is 52.4 Å². The van der Waals surface area contributed by atoms with E-state index in [-0.39, 0.29) is 0 Å². The van der Waals surface area contributed by atoms with Gasteiger partial charge in [0.15, 0.2) is 0 Å². The second-order valence-corrected chi connectivity index (χ2v) is 6.08. The molecule has 1 amide bonds. The van der Waals surface area contributed by atoms with E-state index < -0.39 is 7.82 Å². The van der Waals surface area contributed by atoms with Gasteiger partial charge in [-0.1, -0.05) is 26.7 Å². The summed E-state index contributed by atoms with van der Waals surface area (Å²) >= 11 is 0. The third kappa shape index (κ3) is 17.7. The van der Waals surface area contributed by atoms with E-state index in [0.717, 1.165) is 19.4 Å². The Morgan fingerprint density at radius 2 is 1.58 bits per heavy atom. The monoisotopic (exact) mass is 297 g/mol. The lowest BCUT2D eigenvalue weighted by atomic mass is 10.2. The second-order valence-electron chi connectivity index (χ2n) is 5.10. The molecule has 0 aliphatic carbocycles. The Morgan fingerprint density at radius 1 is 1.11 bits per heavy atom. The highest BCUT2D eigenvalue weighted by atomic mass is 31.2. The van der Waals surface area contributed by atoms with Gasteiger partial charge in [-0.05, 0) is 19.3 Å². The van der Waals surface area contributed by atoms with Crippen LogP contribution in [-0.2, 0) is 9.36 Å². The fraction of sp³-hybridized carbons (Fsp3) is 0.917. The molecule has 7 heteroatoms. The van der Waals surface area contributed by atoms with Gasteiger partial charge in [0.1, 0.15) is 0 Å². The summed E-state index contributed by atoms with van der Waals surface area (Å²) < 4.78 is 9.34. The summed E-state index contributed by atoms with van der Waals surface area (Å²) in [6, 6.07) is 0. The van der Waals surface area contributed by atoms with Gasteiger partial charge in [-0.3, -0.25) is 9.05 Å². The normalized spacial score (nSPS) is 11.7. The van der Waals surface area contributed by atoms with Crippen LogP contribution in [-0.4, -0.2) is 40.8 Å². The molecule has 0 unspecified atom stereocenters. The van der Waals surface area contributed by atoms with Crippen LogP contribution >= 0.6 is 7.82 Å². The van der Waals surface area contributed by atoms with Crippen LogP contribution in [0.1, 0.15) is 52.4 Å². The van der Waals surface area contributed by atoms with Crippen molar-refractivity contribution >= 4 is 13.7 Å². The third-order valence-electron chi connectivity index (χ3n) is 2.71. The highest BCUT2D eigenvalue weighted by Crippen LogP contribution is 2.19. The van der Waals surface area contributed by atoms with E-state index >= 15 is 0 Å². The summed E-state index contributed by atoms with van der Waals surface area (Å²) in [7, 11) is -0.826. The maximum Gasteiger partial charge on any atom is 0.313 e. The zero-order valence-electron chi connectivity index (χ0n) is 12.5. The van der Waals surface area contributed by atoms with Crippen LogP contribution in [0.4, 0.5) is 0 Å². The maximum atomic E-state index is 11.7. The van der Waals surface area contributed by atoms with E-state index in [0.29, 0.717) is 10.4 Å². The van der Waals surface area contributed by atoms with Crippen molar-refractivity contribution in [3.8, 4) is 0 Å². The molecule has 0 atom stereocenters.